The Hall–Kier alpha value is -1.14. The summed E-state index contributed by atoms with van der Waals surface area (Å²) in [5, 5.41) is 4.00. The van der Waals surface area contributed by atoms with E-state index in [0.717, 1.165) is 4.38 Å². The molecule has 0 saturated carbocycles. The van der Waals surface area contributed by atoms with Crippen molar-refractivity contribution < 1.29 is 9.53 Å². The third-order valence-electron chi connectivity index (χ3n) is 1.95. The second kappa shape index (κ2) is 7.24. The minimum atomic E-state index is -0.275. The van der Waals surface area contributed by atoms with Crippen molar-refractivity contribution in [1.29, 1.82) is 0 Å². The summed E-state index contributed by atoms with van der Waals surface area (Å²) in [6, 6.07) is 7.03. The zero-order valence-electron chi connectivity index (χ0n) is 9.89. The second-order valence-electron chi connectivity index (χ2n) is 2.93. The van der Waals surface area contributed by atoms with Gasteiger partial charge in [-0.3, -0.25) is 4.79 Å². The number of hydrogen-bond donors (Lipinski definition) is 1. The molecule has 0 radical (unpaired) electrons. The molecule has 92 valence electrons. The van der Waals surface area contributed by atoms with Crippen molar-refractivity contribution in [3.8, 4) is 5.75 Å². The molecule has 17 heavy (non-hydrogen) atoms. The number of nitrogens with one attached hydrogen (secondary N) is 1. The largest absolute Gasteiger partial charge is 0.496 e. The number of hydrazone groups is 1. The molecule has 0 atom stereocenters. The quantitative estimate of drug-likeness (QED) is 0.520. The van der Waals surface area contributed by atoms with Crippen LogP contribution in [0.2, 0.25) is 0 Å². The number of methoxy groups -OCH3 is 1. The Morgan fingerprint density at radius 1 is 1.29 bits per heavy atom. The fraction of sp³-hybridized carbons (Fsp3) is 0.273. The summed E-state index contributed by atoms with van der Waals surface area (Å²) in [6.45, 7) is 0. The molecule has 0 aliphatic carbocycles. The monoisotopic (exact) mass is 270 g/mol. The van der Waals surface area contributed by atoms with Crippen LogP contribution in [0.25, 0.3) is 0 Å². The molecule has 1 amide bonds. The third-order valence-corrected chi connectivity index (χ3v) is 3.83. The molecule has 0 fully saturated rings. The van der Waals surface area contributed by atoms with E-state index in [2.05, 4.69) is 10.5 Å². The van der Waals surface area contributed by atoms with Gasteiger partial charge in [0.05, 0.1) is 12.7 Å². The van der Waals surface area contributed by atoms with E-state index in [1.807, 2.05) is 18.6 Å². The number of rotatable bonds is 3. The van der Waals surface area contributed by atoms with Gasteiger partial charge in [0.1, 0.15) is 10.1 Å². The number of hydrogen-bond acceptors (Lipinski definition) is 5. The van der Waals surface area contributed by atoms with Gasteiger partial charge in [-0.05, 0) is 24.6 Å². The molecule has 1 aromatic carbocycles. The van der Waals surface area contributed by atoms with Crippen LogP contribution >= 0.6 is 23.5 Å². The van der Waals surface area contributed by atoms with Crippen molar-refractivity contribution in [2.24, 2.45) is 5.10 Å². The highest BCUT2D eigenvalue weighted by molar-refractivity contribution is 8.38. The molecule has 0 aliphatic heterocycles. The maximum atomic E-state index is 11.8. The summed E-state index contributed by atoms with van der Waals surface area (Å²) in [7, 11) is 1.53. The molecule has 1 aromatic rings. The number of carbonyl (C=O) groups excluding carboxylic acids is 1. The number of thioether (sulfide) groups is 2. The molecule has 1 N–H and O–H groups in total. The Bertz CT molecular complexity index is 416. The highest BCUT2D eigenvalue weighted by Crippen LogP contribution is 2.17. The summed E-state index contributed by atoms with van der Waals surface area (Å²) in [4.78, 5) is 11.8. The zero-order valence-corrected chi connectivity index (χ0v) is 11.5. The van der Waals surface area contributed by atoms with Crippen LogP contribution < -0.4 is 10.2 Å². The first-order valence-electron chi connectivity index (χ1n) is 4.82. The van der Waals surface area contributed by atoms with Crippen molar-refractivity contribution >= 4 is 33.8 Å². The van der Waals surface area contributed by atoms with E-state index in [9.17, 15) is 4.79 Å². The fourth-order valence-electron chi connectivity index (χ4n) is 1.16. The number of nitrogens with zero attached hydrogens (tertiary/aromatic N) is 1. The van der Waals surface area contributed by atoms with Gasteiger partial charge in [0.15, 0.2) is 0 Å². The first-order chi connectivity index (χ1) is 8.22. The standard InChI is InChI=1S/C11H14N2O2S2/c1-15-9-7-5-4-6-8(9)10(14)12-13-11(16-2)17-3/h4-7H,1-3H3,(H,12,14). The van der Waals surface area contributed by atoms with Gasteiger partial charge in [-0.1, -0.05) is 12.1 Å². The molecule has 0 spiro atoms. The summed E-state index contributed by atoms with van der Waals surface area (Å²) in [5.41, 5.74) is 2.98. The van der Waals surface area contributed by atoms with Crippen LogP contribution in [0.15, 0.2) is 29.4 Å². The van der Waals surface area contributed by atoms with Gasteiger partial charge in [0.2, 0.25) is 0 Å². The Balaban J connectivity index is 2.80. The number of benzene rings is 1. The lowest BCUT2D eigenvalue weighted by atomic mass is 10.2. The van der Waals surface area contributed by atoms with Crippen LogP contribution in [0.5, 0.6) is 5.75 Å². The Labute approximate surface area is 109 Å². The molecule has 1 rings (SSSR count). The average Bonchev–Trinajstić information content (AvgIpc) is 2.39. The number of amides is 1. The first-order valence-corrected chi connectivity index (χ1v) is 7.27. The van der Waals surface area contributed by atoms with Gasteiger partial charge in [0.25, 0.3) is 5.91 Å². The molecule has 4 nitrogen and oxygen atoms in total. The number of ether oxygens (including phenoxy) is 1. The molecular weight excluding hydrogens is 256 g/mol. The van der Waals surface area contributed by atoms with Gasteiger partial charge in [0, 0.05) is 0 Å². The fourth-order valence-corrected chi connectivity index (χ4v) is 2.10. The van der Waals surface area contributed by atoms with E-state index in [-0.39, 0.29) is 5.91 Å². The molecule has 6 heteroatoms. The maximum Gasteiger partial charge on any atom is 0.275 e. The smallest absolute Gasteiger partial charge is 0.275 e. The van der Waals surface area contributed by atoms with Gasteiger partial charge in [-0.2, -0.15) is 5.10 Å². The molecule has 0 bridgehead atoms. The highest BCUT2D eigenvalue weighted by Gasteiger charge is 2.10. The van der Waals surface area contributed by atoms with Crippen LogP contribution in [-0.2, 0) is 0 Å². The van der Waals surface area contributed by atoms with Gasteiger partial charge < -0.3 is 4.74 Å². The average molecular weight is 270 g/mol. The molecular formula is C11H14N2O2S2. The minimum absolute atomic E-state index is 0.275. The van der Waals surface area contributed by atoms with Gasteiger partial charge >= 0.3 is 0 Å². The van der Waals surface area contributed by atoms with E-state index >= 15 is 0 Å². The van der Waals surface area contributed by atoms with E-state index in [1.165, 1.54) is 30.6 Å². The lowest BCUT2D eigenvalue weighted by Gasteiger charge is -2.06. The van der Waals surface area contributed by atoms with Crippen LogP contribution in [0.3, 0.4) is 0 Å². The Morgan fingerprint density at radius 2 is 1.94 bits per heavy atom. The Morgan fingerprint density at radius 3 is 2.53 bits per heavy atom. The van der Waals surface area contributed by atoms with Crippen LogP contribution in [0.1, 0.15) is 10.4 Å². The van der Waals surface area contributed by atoms with Crippen LogP contribution in [0.4, 0.5) is 0 Å². The summed E-state index contributed by atoms with van der Waals surface area (Å²) in [6.07, 6.45) is 3.81. The first kappa shape index (κ1) is 13.9. The van der Waals surface area contributed by atoms with E-state index in [4.69, 9.17) is 4.74 Å². The van der Waals surface area contributed by atoms with E-state index in [0.29, 0.717) is 11.3 Å². The SMILES string of the molecule is COc1ccccc1C(=O)NN=C(SC)SC. The third kappa shape index (κ3) is 3.98. The number of para-hydroxylation sites is 1. The second-order valence-corrected chi connectivity index (χ2v) is 4.78. The Kier molecular flexibility index (Phi) is 5.93. The predicted molar refractivity (Wildman–Crippen MR) is 74.9 cm³/mol. The normalized spacial score (nSPS) is 9.59. The topological polar surface area (TPSA) is 50.7 Å². The predicted octanol–water partition coefficient (Wildman–Crippen LogP) is 2.42. The molecule has 0 unspecified atom stereocenters. The highest BCUT2D eigenvalue weighted by atomic mass is 32.2. The van der Waals surface area contributed by atoms with Gasteiger partial charge in [-0.25, -0.2) is 5.43 Å². The maximum absolute atomic E-state index is 11.8. The molecule has 0 aromatic heterocycles. The summed E-state index contributed by atoms with van der Waals surface area (Å²) in [5.74, 6) is 0.262. The van der Waals surface area contributed by atoms with Crippen molar-refractivity contribution in [3.63, 3.8) is 0 Å². The van der Waals surface area contributed by atoms with Crippen LogP contribution in [-0.4, -0.2) is 29.9 Å². The summed E-state index contributed by atoms with van der Waals surface area (Å²) < 4.78 is 5.91. The molecule has 0 heterocycles. The van der Waals surface area contributed by atoms with Crippen molar-refractivity contribution in [3.05, 3.63) is 29.8 Å². The summed E-state index contributed by atoms with van der Waals surface area (Å²) >= 11 is 2.97. The van der Waals surface area contributed by atoms with E-state index < -0.39 is 0 Å². The minimum Gasteiger partial charge on any atom is -0.496 e. The van der Waals surface area contributed by atoms with Crippen LogP contribution in [0, 0.1) is 0 Å². The lowest BCUT2D eigenvalue weighted by Crippen LogP contribution is -2.19. The zero-order chi connectivity index (χ0) is 12.7. The van der Waals surface area contributed by atoms with Gasteiger partial charge in [-0.15, -0.1) is 23.5 Å². The number of carbonyl (C=O) groups is 1. The molecule has 0 aliphatic rings. The van der Waals surface area contributed by atoms with Crippen molar-refractivity contribution in [1.82, 2.24) is 5.43 Å². The lowest BCUT2D eigenvalue weighted by molar-refractivity contribution is 0.0952. The van der Waals surface area contributed by atoms with E-state index in [1.54, 1.807) is 18.2 Å². The molecule has 0 saturated heterocycles. The van der Waals surface area contributed by atoms with Crippen molar-refractivity contribution in [2.75, 3.05) is 19.6 Å². The van der Waals surface area contributed by atoms with Crippen molar-refractivity contribution in [2.45, 2.75) is 0 Å².